The summed E-state index contributed by atoms with van der Waals surface area (Å²) < 4.78 is 0. The molecule has 2 rings (SSSR count). The number of amides is 1. The van der Waals surface area contributed by atoms with Crippen LogP contribution in [0, 0.1) is 0 Å². The lowest BCUT2D eigenvalue weighted by Gasteiger charge is -2.47. The number of thioether (sulfide) groups is 1. The molecule has 0 spiro atoms. The number of hydrogen-bond donors (Lipinski definition) is 2. The molecule has 0 radical (unpaired) electrons. The Kier molecular flexibility index (Phi) is 3.68. The van der Waals surface area contributed by atoms with E-state index in [4.69, 9.17) is 5.73 Å². The summed E-state index contributed by atoms with van der Waals surface area (Å²) in [6.45, 7) is 2.09. The molecule has 1 saturated heterocycles. The van der Waals surface area contributed by atoms with Crippen LogP contribution in [0.4, 0.5) is 0 Å². The van der Waals surface area contributed by atoms with Crippen molar-refractivity contribution < 1.29 is 14.7 Å². The van der Waals surface area contributed by atoms with Crippen LogP contribution < -0.4 is 5.73 Å². The highest BCUT2D eigenvalue weighted by atomic mass is 32.2. The highest BCUT2D eigenvalue weighted by Crippen LogP contribution is 2.46. The first-order chi connectivity index (χ1) is 8.48. The zero-order valence-corrected chi connectivity index (χ0v) is 11.2. The number of nitrogens with two attached hydrogens (primary N) is 1. The third-order valence-corrected chi connectivity index (χ3v) is 4.91. The summed E-state index contributed by atoms with van der Waals surface area (Å²) in [5.74, 6) is -1.05. The normalized spacial score (nSPS) is 30.6. The van der Waals surface area contributed by atoms with Crippen LogP contribution in [0.3, 0.4) is 0 Å². The predicted molar refractivity (Wildman–Crippen MR) is 69.6 cm³/mol. The molecule has 0 aromatic rings. The predicted octanol–water partition coefficient (Wildman–Crippen LogP) is 1.50. The van der Waals surface area contributed by atoms with Crippen LogP contribution in [0.1, 0.15) is 39.0 Å². The van der Waals surface area contributed by atoms with Gasteiger partial charge in [0.15, 0.2) is 0 Å². The number of carbonyl (C=O) groups excluding carboxylic acids is 1. The molecule has 2 atom stereocenters. The molecule has 3 N–H and O–H groups in total. The maximum absolute atomic E-state index is 11.3. The van der Waals surface area contributed by atoms with E-state index < -0.39 is 10.8 Å². The third kappa shape index (κ3) is 2.27. The fourth-order valence-electron chi connectivity index (χ4n) is 2.28. The van der Waals surface area contributed by atoms with E-state index in [0.29, 0.717) is 12.8 Å². The van der Waals surface area contributed by atoms with Gasteiger partial charge in [-0.2, -0.15) is 0 Å². The van der Waals surface area contributed by atoms with Crippen LogP contribution in [0.15, 0.2) is 11.8 Å². The number of nitrogens with zero attached hydrogens (tertiary/aromatic N) is 1. The van der Waals surface area contributed by atoms with Gasteiger partial charge in [0.25, 0.3) is 0 Å². The maximum atomic E-state index is 11.3. The number of hydrogen-bond acceptors (Lipinski definition) is 4. The number of unbranched alkanes of at least 4 members (excludes halogenated alkanes) is 2. The second-order valence-corrected chi connectivity index (χ2v) is 6.28. The van der Waals surface area contributed by atoms with E-state index in [0.717, 1.165) is 19.3 Å². The lowest BCUT2D eigenvalue weighted by Crippen LogP contribution is -2.57. The van der Waals surface area contributed by atoms with Gasteiger partial charge >= 0.3 is 5.97 Å². The lowest BCUT2D eigenvalue weighted by atomic mass is 9.99. The van der Waals surface area contributed by atoms with E-state index >= 15 is 0 Å². The van der Waals surface area contributed by atoms with E-state index in [2.05, 4.69) is 6.92 Å². The van der Waals surface area contributed by atoms with Crippen LogP contribution in [-0.4, -0.2) is 32.1 Å². The molecule has 1 unspecified atom stereocenters. The minimum absolute atomic E-state index is 0.0206. The molecular weight excluding hydrogens is 252 g/mol. The second kappa shape index (κ2) is 4.93. The Labute approximate surface area is 110 Å². The van der Waals surface area contributed by atoms with Gasteiger partial charge in [0.05, 0.1) is 22.2 Å². The van der Waals surface area contributed by atoms with Crippen LogP contribution in [0.25, 0.3) is 0 Å². The van der Waals surface area contributed by atoms with Crippen LogP contribution in [0.2, 0.25) is 0 Å². The SMILES string of the molecule is CCCCCC1(N)S[C@@H]2CC(=O)N2C=C1C(=O)O. The van der Waals surface area contributed by atoms with Crippen LogP contribution in [-0.2, 0) is 9.59 Å². The summed E-state index contributed by atoms with van der Waals surface area (Å²) in [7, 11) is 0. The minimum atomic E-state index is -1.03. The first kappa shape index (κ1) is 13.4. The molecule has 1 fully saturated rings. The van der Waals surface area contributed by atoms with E-state index in [1.807, 2.05) is 0 Å². The molecule has 5 nitrogen and oxygen atoms in total. The molecule has 0 bridgehead atoms. The number of carbonyl (C=O) groups is 2. The van der Waals surface area contributed by atoms with Crippen molar-refractivity contribution >= 4 is 23.6 Å². The number of carboxylic acids is 1. The fraction of sp³-hybridized carbons (Fsp3) is 0.667. The largest absolute Gasteiger partial charge is 0.478 e. The van der Waals surface area contributed by atoms with Gasteiger partial charge in [0.1, 0.15) is 0 Å². The maximum Gasteiger partial charge on any atom is 0.335 e. The number of aliphatic carboxylic acids is 1. The molecule has 2 aliphatic heterocycles. The highest BCUT2D eigenvalue weighted by molar-refractivity contribution is 8.01. The summed E-state index contributed by atoms with van der Waals surface area (Å²) in [5.41, 5.74) is 6.40. The Balaban J connectivity index is 2.17. The van der Waals surface area contributed by atoms with Crippen molar-refractivity contribution in [3.05, 3.63) is 11.8 Å². The first-order valence-corrected chi connectivity index (χ1v) is 7.09. The molecule has 100 valence electrons. The summed E-state index contributed by atoms with van der Waals surface area (Å²) in [6.07, 6.45) is 5.55. The van der Waals surface area contributed by atoms with Crippen molar-refractivity contribution in [2.24, 2.45) is 5.73 Å². The van der Waals surface area contributed by atoms with Crippen LogP contribution in [0.5, 0.6) is 0 Å². The topological polar surface area (TPSA) is 83.6 Å². The Morgan fingerprint density at radius 3 is 2.94 bits per heavy atom. The van der Waals surface area contributed by atoms with Crippen molar-refractivity contribution in [2.45, 2.75) is 49.3 Å². The second-order valence-electron chi connectivity index (χ2n) is 4.77. The smallest absolute Gasteiger partial charge is 0.335 e. The van der Waals surface area contributed by atoms with Crippen molar-refractivity contribution in [1.29, 1.82) is 0 Å². The number of carboxylic acid groups (broad SMARTS) is 1. The Hall–Kier alpha value is -1.01. The monoisotopic (exact) mass is 270 g/mol. The number of fused-ring (bicyclic) bond motifs is 1. The Bertz CT molecular complexity index is 410. The molecule has 18 heavy (non-hydrogen) atoms. The number of rotatable bonds is 5. The number of β-lactam (4-membered cyclic amide) rings is 1. The van der Waals surface area contributed by atoms with Crippen molar-refractivity contribution in [3.63, 3.8) is 0 Å². The first-order valence-electron chi connectivity index (χ1n) is 6.21. The fourth-order valence-corrected chi connectivity index (χ4v) is 3.81. The van der Waals surface area contributed by atoms with E-state index in [1.165, 1.54) is 22.9 Å². The molecule has 2 heterocycles. The van der Waals surface area contributed by atoms with E-state index in [1.54, 1.807) is 0 Å². The average Bonchev–Trinajstić information content (AvgIpc) is 2.28. The molecule has 6 heteroatoms. The van der Waals surface area contributed by atoms with Crippen molar-refractivity contribution in [2.75, 3.05) is 0 Å². The van der Waals surface area contributed by atoms with Gasteiger partial charge in [-0.15, -0.1) is 11.8 Å². The molecular formula is C12H18N2O3S. The van der Waals surface area contributed by atoms with Gasteiger partial charge in [-0.1, -0.05) is 26.2 Å². The molecule has 0 saturated carbocycles. The van der Waals surface area contributed by atoms with Gasteiger partial charge in [0, 0.05) is 6.20 Å². The summed E-state index contributed by atoms with van der Waals surface area (Å²) in [5, 5.41) is 9.27. The van der Waals surface area contributed by atoms with Gasteiger partial charge in [-0.05, 0) is 6.42 Å². The van der Waals surface area contributed by atoms with E-state index in [-0.39, 0.29) is 16.9 Å². The molecule has 0 aromatic heterocycles. The molecule has 1 amide bonds. The lowest BCUT2D eigenvalue weighted by molar-refractivity contribution is -0.138. The highest BCUT2D eigenvalue weighted by Gasteiger charge is 2.48. The quantitative estimate of drug-likeness (QED) is 0.584. The summed E-state index contributed by atoms with van der Waals surface area (Å²) in [4.78, 5) is 23.3. The molecule has 0 aliphatic carbocycles. The minimum Gasteiger partial charge on any atom is -0.478 e. The summed E-state index contributed by atoms with van der Waals surface area (Å²) in [6, 6.07) is 0. The van der Waals surface area contributed by atoms with Gasteiger partial charge in [-0.25, -0.2) is 4.79 Å². The standard InChI is InChI=1S/C12H18N2O3S/c1-2-3-4-5-12(13)8(11(16)17)7-14-9(15)6-10(14)18-12/h7,10H,2-6,13H2,1H3,(H,16,17)/t10-,12?/m1/s1. The average molecular weight is 270 g/mol. The van der Waals surface area contributed by atoms with Gasteiger partial charge < -0.3 is 15.7 Å². The zero-order valence-electron chi connectivity index (χ0n) is 10.4. The molecule has 0 aromatic carbocycles. The summed E-state index contributed by atoms with van der Waals surface area (Å²) >= 11 is 1.41. The van der Waals surface area contributed by atoms with Crippen molar-refractivity contribution in [1.82, 2.24) is 4.90 Å². The van der Waals surface area contributed by atoms with Crippen LogP contribution >= 0.6 is 11.8 Å². The van der Waals surface area contributed by atoms with Crippen molar-refractivity contribution in [3.8, 4) is 0 Å². The van der Waals surface area contributed by atoms with E-state index in [9.17, 15) is 14.7 Å². The van der Waals surface area contributed by atoms with Gasteiger partial charge in [0.2, 0.25) is 5.91 Å². The van der Waals surface area contributed by atoms with Gasteiger partial charge in [-0.3, -0.25) is 4.79 Å². The molecule has 2 aliphatic rings. The zero-order chi connectivity index (χ0) is 13.3. The Morgan fingerprint density at radius 2 is 2.39 bits per heavy atom. The third-order valence-electron chi connectivity index (χ3n) is 3.40. The Morgan fingerprint density at radius 1 is 1.67 bits per heavy atom.